The van der Waals surface area contributed by atoms with Gasteiger partial charge in [-0.05, 0) is 68.4 Å². The van der Waals surface area contributed by atoms with Crippen LogP contribution in [0.1, 0.15) is 28.8 Å². The lowest BCUT2D eigenvalue weighted by Crippen LogP contribution is -2.34. The van der Waals surface area contributed by atoms with Gasteiger partial charge in [-0.3, -0.25) is 9.89 Å². The van der Waals surface area contributed by atoms with Crippen molar-refractivity contribution < 1.29 is 22.7 Å². The van der Waals surface area contributed by atoms with Crippen molar-refractivity contribution in [2.45, 2.75) is 25.1 Å². The van der Waals surface area contributed by atoms with Crippen molar-refractivity contribution in [2.24, 2.45) is 0 Å². The molecule has 0 spiro atoms. The predicted molar refractivity (Wildman–Crippen MR) is 130 cm³/mol. The van der Waals surface area contributed by atoms with Crippen molar-refractivity contribution in [1.29, 1.82) is 0 Å². The number of carbonyl (C=O) groups excluding carboxylic acids is 1. The van der Waals surface area contributed by atoms with Gasteiger partial charge in [0.25, 0.3) is 5.91 Å². The molecule has 5 rings (SSSR count). The van der Waals surface area contributed by atoms with E-state index in [4.69, 9.17) is 4.74 Å². The molecule has 1 fully saturated rings. The van der Waals surface area contributed by atoms with Gasteiger partial charge in [0.05, 0.1) is 22.8 Å². The number of aromatic nitrogens is 3. The van der Waals surface area contributed by atoms with Crippen molar-refractivity contribution in [1.82, 2.24) is 20.5 Å². The van der Waals surface area contributed by atoms with Gasteiger partial charge in [-0.1, -0.05) is 0 Å². The molecule has 1 saturated heterocycles. The Morgan fingerprint density at radius 2 is 1.89 bits per heavy atom. The van der Waals surface area contributed by atoms with E-state index in [1.807, 2.05) is 18.2 Å². The first kappa shape index (κ1) is 23.6. The van der Waals surface area contributed by atoms with Crippen LogP contribution in [0, 0.1) is 0 Å². The number of nitrogens with zero attached hydrogens (tertiary/aromatic N) is 2. The summed E-state index contributed by atoms with van der Waals surface area (Å²) in [6.07, 6.45) is -0.209. The second-order valence-electron chi connectivity index (χ2n) is 8.46. The van der Waals surface area contributed by atoms with E-state index in [1.165, 1.54) is 12.3 Å². The average Bonchev–Trinajstić information content (AvgIpc) is 3.32. The number of piperidine rings is 1. The zero-order valence-electron chi connectivity index (χ0n) is 19.0. The van der Waals surface area contributed by atoms with Gasteiger partial charge in [0.15, 0.2) is 0 Å². The monoisotopic (exact) mass is 496 g/mol. The van der Waals surface area contributed by atoms with Crippen molar-refractivity contribution >= 4 is 34.0 Å². The number of amides is 1. The highest BCUT2D eigenvalue weighted by atomic mass is 19.4. The number of carbonyl (C=O) groups is 1. The van der Waals surface area contributed by atoms with Gasteiger partial charge >= 0.3 is 6.18 Å². The Hall–Kier alpha value is -4.12. The maximum Gasteiger partial charge on any atom is 0.416 e. The van der Waals surface area contributed by atoms with Gasteiger partial charge in [-0.15, -0.1) is 0 Å². The van der Waals surface area contributed by atoms with Crippen LogP contribution in [0.2, 0.25) is 0 Å². The van der Waals surface area contributed by atoms with E-state index in [-0.39, 0.29) is 28.9 Å². The van der Waals surface area contributed by atoms with Gasteiger partial charge in [-0.25, -0.2) is 4.98 Å². The van der Waals surface area contributed by atoms with Crippen molar-refractivity contribution in [3.05, 3.63) is 72.1 Å². The van der Waals surface area contributed by atoms with Crippen LogP contribution < -0.4 is 20.7 Å². The zero-order valence-corrected chi connectivity index (χ0v) is 19.0. The molecule has 4 N–H and O–H groups in total. The molecular weight excluding hydrogens is 473 g/mol. The lowest BCUT2D eigenvalue weighted by molar-refractivity contribution is -0.137. The summed E-state index contributed by atoms with van der Waals surface area (Å²) >= 11 is 0. The summed E-state index contributed by atoms with van der Waals surface area (Å²) in [6.45, 7) is 1.47. The number of alkyl halides is 3. The molecule has 1 aliphatic heterocycles. The fourth-order valence-corrected chi connectivity index (χ4v) is 4.05. The number of halogens is 3. The average molecular weight is 496 g/mol. The Morgan fingerprint density at radius 1 is 1.06 bits per heavy atom. The first-order valence-electron chi connectivity index (χ1n) is 11.4. The Labute approximate surface area is 204 Å². The van der Waals surface area contributed by atoms with Gasteiger partial charge in [0, 0.05) is 29.0 Å². The number of anilines is 3. The number of pyridine rings is 1. The molecule has 1 amide bonds. The second-order valence-corrected chi connectivity index (χ2v) is 8.46. The van der Waals surface area contributed by atoms with Gasteiger partial charge < -0.3 is 20.7 Å². The summed E-state index contributed by atoms with van der Waals surface area (Å²) in [5.41, 5.74) is 0.706. The number of benzene rings is 2. The summed E-state index contributed by atoms with van der Waals surface area (Å²) in [7, 11) is 0. The normalized spacial score (nSPS) is 14.5. The quantitative estimate of drug-likeness (QED) is 0.296. The summed E-state index contributed by atoms with van der Waals surface area (Å²) in [5.74, 6) is -0.295. The van der Waals surface area contributed by atoms with E-state index in [2.05, 4.69) is 31.1 Å². The highest BCUT2D eigenvalue weighted by molar-refractivity contribution is 6.08. The molecule has 8 nitrogen and oxygen atoms in total. The van der Waals surface area contributed by atoms with E-state index in [9.17, 15) is 18.0 Å². The molecule has 0 saturated carbocycles. The summed E-state index contributed by atoms with van der Waals surface area (Å²) < 4.78 is 46.6. The molecule has 4 aromatic rings. The Morgan fingerprint density at radius 3 is 2.69 bits per heavy atom. The van der Waals surface area contributed by atoms with Crippen LogP contribution in [0.3, 0.4) is 0 Å². The smallest absolute Gasteiger partial charge is 0.416 e. The molecule has 0 bridgehead atoms. The van der Waals surface area contributed by atoms with Crippen LogP contribution in [0.4, 0.5) is 30.4 Å². The number of fused-ring (bicyclic) bond motifs is 1. The lowest BCUT2D eigenvalue weighted by Gasteiger charge is -2.24. The van der Waals surface area contributed by atoms with Gasteiger partial charge in [-0.2, -0.15) is 18.3 Å². The topological polar surface area (TPSA) is 104 Å². The van der Waals surface area contributed by atoms with Crippen molar-refractivity contribution in [2.75, 3.05) is 23.7 Å². The van der Waals surface area contributed by atoms with E-state index in [0.29, 0.717) is 18.5 Å². The number of ether oxygens (including phenoxy) is 1. The molecule has 3 heterocycles. The maximum absolute atomic E-state index is 13.6. The van der Waals surface area contributed by atoms with E-state index >= 15 is 0 Å². The fourth-order valence-electron chi connectivity index (χ4n) is 4.05. The molecule has 0 unspecified atom stereocenters. The summed E-state index contributed by atoms with van der Waals surface area (Å²) in [5, 5.41) is 16.6. The van der Waals surface area contributed by atoms with Crippen LogP contribution in [0.15, 0.2) is 60.9 Å². The van der Waals surface area contributed by atoms with Crippen LogP contribution in [-0.2, 0) is 6.18 Å². The number of nitrogens with one attached hydrogen (secondary N) is 4. The first-order chi connectivity index (χ1) is 17.3. The maximum atomic E-state index is 13.6. The minimum atomic E-state index is -4.60. The van der Waals surface area contributed by atoms with Gasteiger partial charge in [0.2, 0.25) is 0 Å². The zero-order chi connectivity index (χ0) is 25.1. The van der Waals surface area contributed by atoms with Crippen LogP contribution >= 0.6 is 0 Å². The van der Waals surface area contributed by atoms with Gasteiger partial charge in [0.1, 0.15) is 17.7 Å². The molecule has 2 aromatic heterocycles. The molecule has 0 aliphatic carbocycles. The van der Waals surface area contributed by atoms with Crippen molar-refractivity contribution in [3.8, 4) is 5.75 Å². The highest BCUT2D eigenvalue weighted by Crippen LogP contribution is 2.35. The molecule has 186 valence electrons. The van der Waals surface area contributed by atoms with Crippen LogP contribution in [0.5, 0.6) is 5.75 Å². The fraction of sp³-hybridized carbons (Fsp3) is 0.240. The van der Waals surface area contributed by atoms with Crippen LogP contribution in [0.25, 0.3) is 10.9 Å². The first-order valence-corrected chi connectivity index (χ1v) is 11.4. The summed E-state index contributed by atoms with van der Waals surface area (Å²) in [4.78, 5) is 17.4. The largest absolute Gasteiger partial charge is 0.490 e. The third kappa shape index (κ3) is 5.41. The lowest BCUT2D eigenvalue weighted by atomic mass is 10.1. The molecule has 0 atom stereocenters. The number of hydrogen-bond donors (Lipinski definition) is 4. The van der Waals surface area contributed by atoms with E-state index < -0.39 is 17.6 Å². The van der Waals surface area contributed by atoms with Crippen LogP contribution in [-0.4, -0.2) is 40.3 Å². The van der Waals surface area contributed by atoms with E-state index in [1.54, 1.807) is 18.3 Å². The Kier molecular flexibility index (Phi) is 6.47. The molecule has 2 aromatic carbocycles. The number of H-pyrrole nitrogens is 1. The molecule has 1 aliphatic rings. The third-order valence-electron chi connectivity index (χ3n) is 5.84. The minimum absolute atomic E-state index is 0.0209. The third-order valence-corrected chi connectivity index (χ3v) is 5.84. The number of aromatic amines is 1. The predicted octanol–water partition coefficient (Wildman–Crippen LogP) is 5.10. The van der Waals surface area contributed by atoms with E-state index in [0.717, 1.165) is 36.1 Å². The molecule has 36 heavy (non-hydrogen) atoms. The number of rotatable bonds is 6. The Bertz CT molecular complexity index is 1380. The standard InChI is InChI=1S/C25H23F3N6O2/c26-25(27,28)16-10-18(12-20(11-16)36-19-5-8-29-9-6-19)33-24(35)21-2-1-7-30-23(21)32-17-4-3-15-14-31-34-22(15)13-17/h1-4,7,10-14,19,29H,5-6,8-9H2,(H,30,32)(H,31,34)(H,33,35). The SMILES string of the molecule is O=C(Nc1cc(OC2CCNCC2)cc(C(F)(F)F)c1)c1cccnc1Nc1ccc2cn[nH]c2c1. The molecule has 0 radical (unpaired) electrons. The molecule has 11 heteroatoms. The highest BCUT2D eigenvalue weighted by Gasteiger charge is 2.32. The molecular formula is C25H23F3N6O2. The summed E-state index contributed by atoms with van der Waals surface area (Å²) in [6, 6.07) is 11.9. The second kappa shape index (κ2) is 9.86. The number of hydrogen-bond acceptors (Lipinski definition) is 6. The van der Waals surface area contributed by atoms with Crippen molar-refractivity contribution in [3.63, 3.8) is 0 Å². The Balaban J connectivity index is 1.39. The minimum Gasteiger partial charge on any atom is -0.490 e.